The van der Waals surface area contributed by atoms with E-state index in [2.05, 4.69) is 0 Å². The Hall–Kier alpha value is -2.04. The number of carbonyl (C=O) groups excluding carboxylic acids is 2. The second-order valence-electron chi connectivity index (χ2n) is 6.56. The van der Waals surface area contributed by atoms with Crippen LogP contribution in [0, 0.1) is 5.92 Å². The van der Waals surface area contributed by atoms with Crippen LogP contribution in [0.4, 0.5) is 0 Å². The van der Waals surface area contributed by atoms with Crippen LogP contribution in [-0.2, 0) is 16.0 Å². The second-order valence-corrected chi connectivity index (χ2v) is 6.56. The van der Waals surface area contributed by atoms with Crippen LogP contribution in [0.15, 0.2) is 24.3 Å². The van der Waals surface area contributed by atoms with Crippen LogP contribution in [0.2, 0.25) is 0 Å². The fourth-order valence-corrected chi connectivity index (χ4v) is 2.96. The zero-order valence-electron chi connectivity index (χ0n) is 14.1. The van der Waals surface area contributed by atoms with Crippen molar-refractivity contribution in [3.8, 4) is 5.75 Å². The van der Waals surface area contributed by atoms with Crippen molar-refractivity contribution >= 4 is 11.8 Å². The van der Waals surface area contributed by atoms with Crippen molar-refractivity contribution in [2.75, 3.05) is 6.54 Å². The first-order valence-electron chi connectivity index (χ1n) is 8.21. The highest BCUT2D eigenvalue weighted by Crippen LogP contribution is 2.23. The number of benzene rings is 1. The number of hydrogen-bond acceptors (Lipinski definition) is 3. The van der Waals surface area contributed by atoms with Crippen molar-refractivity contribution in [3.05, 3.63) is 29.8 Å². The van der Waals surface area contributed by atoms with Gasteiger partial charge in [-0.15, -0.1) is 0 Å². The van der Waals surface area contributed by atoms with E-state index in [1.165, 1.54) is 0 Å². The van der Waals surface area contributed by atoms with E-state index in [0.717, 1.165) is 24.2 Å². The van der Waals surface area contributed by atoms with Crippen LogP contribution in [0.3, 0.4) is 0 Å². The molecule has 0 saturated carbocycles. The fourth-order valence-electron chi connectivity index (χ4n) is 2.96. The minimum atomic E-state index is -0.318. The second kappa shape index (κ2) is 7.49. The van der Waals surface area contributed by atoms with Crippen LogP contribution in [0.5, 0.6) is 5.75 Å². The topological polar surface area (TPSA) is 72.6 Å². The third-order valence-corrected chi connectivity index (χ3v) is 4.23. The molecule has 2 atom stereocenters. The normalized spacial score (nSPS) is 21.3. The molecule has 1 heterocycles. The van der Waals surface area contributed by atoms with E-state index < -0.39 is 0 Å². The molecule has 0 spiro atoms. The Balaban J connectivity index is 2.04. The minimum Gasteiger partial charge on any atom is -0.491 e. The van der Waals surface area contributed by atoms with Crippen LogP contribution >= 0.6 is 0 Å². The number of piperidine rings is 1. The van der Waals surface area contributed by atoms with Gasteiger partial charge in [0, 0.05) is 12.6 Å². The van der Waals surface area contributed by atoms with E-state index >= 15 is 0 Å². The highest BCUT2D eigenvalue weighted by atomic mass is 16.5. The average molecular weight is 318 g/mol. The first-order chi connectivity index (χ1) is 10.9. The summed E-state index contributed by atoms with van der Waals surface area (Å²) in [5.41, 5.74) is 6.32. The molecule has 0 aliphatic carbocycles. The van der Waals surface area contributed by atoms with Gasteiger partial charge in [-0.05, 0) is 51.3 Å². The summed E-state index contributed by atoms with van der Waals surface area (Å²) in [5, 5.41) is 0. The molecule has 1 aromatic carbocycles. The number of primary amides is 1. The highest BCUT2D eigenvalue weighted by Gasteiger charge is 2.31. The lowest BCUT2D eigenvalue weighted by Gasteiger charge is -2.37. The maximum atomic E-state index is 12.6. The lowest BCUT2D eigenvalue weighted by atomic mass is 9.92. The van der Waals surface area contributed by atoms with Gasteiger partial charge < -0.3 is 15.4 Å². The predicted octanol–water partition coefficient (Wildman–Crippen LogP) is 2.13. The molecular formula is C18H26N2O3. The molecule has 2 amide bonds. The van der Waals surface area contributed by atoms with Crippen LogP contribution in [0.1, 0.15) is 39.2 Å². The molecule has 2 rings (SSSR count). The number of nitrogens with two attached hydrogens (primary N) is 1. The molecule has 2 unspecified atom stereocenters. The third-order valence-electron chi connectivity index (χ3n) is 4.23. The lowest BCUT2D eigenvalue weighted by Crippen LogP contribution is -2.49. The number of rotatable bonds is 5. The van der Waals surface area contributed by atoms with Gasteiger partial charge in [-0.2, -0.15) is 0 Å². The van der Waals surface area contributed by atoms with Gasteiger partial charge in [-0.1, -0.05) is 12.1 Å². The number of carbonyl (C=O) groups is 2. The van der Waals surface area contributed by atoms with Crippen molar-refractivity contribution in [2.24, 2.45) is 11.7 Å². The van der Waals surface area contributed by atoms with Gasteiger partial charge in [-0.3, -0.25) is 9.59 Å². The number of amides is 2. The van der Waals surface area contributed by atoms with E-state index in [-0.39, 0.29) is 29.9 Å². The van der Waals surface area contributed by atoms with Crippen molar-refractivity contribution in [1.82, 2.24) is 4.90 Å². The summed E-state index contributed by atoms with van der Waals surface area (Å²) in [4.78, 5) is 25.8. The van der Waals surface area contributed by atoms with E-state index in [0.29, 0.717) is 13.0 Å². The Bertz CT molecular complexity index is 571. The minimum absolute atomic E-state index is 0.0325. The molecule has 1 aromatic rings. The Kier molecular flexibility index (Phi) is 5.64. The smallest absolute Gasteiger partial charge is 0.227 e. The summed E-state index contributed by atoms with van der Waals surface area (Å²) in [6, 6.07) is 7.75. The molecule has 2 N–H and O–H groups in total. The van der Waals surface area contributed by atoms with Crippen LogP contribution in [-0.4, -0.2) is 35.4 Å². The molecule has 5 nitrogen and oxygen atoms in total. The fraction of sp³-hybridized carbons (Fsp3) is 0.556. The molecular weight excluding hydrogens is 292 g/mol. The van der Waals surface area contributed by atoms with Gasteiger partial charge in [0.25, 0.3) is 0 Å². The average Bonchev–Trinajstić information content (AvgIpc) is 2.46. The molecule has 0 bridgehead atoms. The maximum absolute atomic E-state index is 12.6. The maximum Gasteiger partial charge on any atom is 0.227 e. The number of likely N-dealkylation sites (tertiary alicyclic amines) is 1. The largest absolute Gasteiger partial charge is 0.491 e. The van der Waals surface area contributed by atoms with E-state index in [1.807, 2.05) is 45.0 Å². The summed E-state index contributed by atoms with van der Waals surface area (Å²) < 4.78 is 5.67. The monoisotopic (exact) mass is 318 g/mol. The number of nitrogens with zero attached hydrogens (tertiary/aromatic N) is 1. The first kappa shape index (κ1) is 17.3. The van der Waals surface area contributed by atoms with Gasteiger partial charge in [0.05, 0.1) is 18.4 Å². The zero-order chi connectivity index (χ0) is 17.0. The van der Waals surface area contributed by atoms with Crippen LogP contribution < -0.4 is 10.5 Å². The molecule has 0 aromatic heterocycles. The summed E-state index contributed by atoms with van der Waals surface area (Å²) in [5.74, 6) is 0.255. The lowest BCUT2D eigenvalue weighted by molar-refractivity contribution is -0.136. The summed E-state index contributed by atoms with van der Waals surface area (Å²) in [7, 11) is 0. The first-order valence-corrected chi connectivity index (χ1v) is 8.21. The Morgan fingerprint density at radius 1 is 1.35 bits per heavy atom. The molecule has 1 aliphatic rings. The van der Waals surface area contributed by atoms with Crippen molar-refractivity contribution in [2.45, 2.75) is 52.2 Å². The molecule has 0 radical (unpaired) electrons. The Morgan fingerprint density at radius 2 is 2.09 bits per heavy atom. The number of hydrogen-bond donors (Lipinski definition) is 1. The SMILES string of the molecule is CC(C)Oc1cccc(CC(=O)N2CC(C(N)=O)CCC2C)c1. The van der Waals surface area contributed by atoms with Gasteiger partial charge in [-0.25, -0.2) is 0 Å². The molecule has 5 heteroatoms. The van der Waals surface area contributed by atoms with Crippen molar-refractivity contribution in [1.29, 1.82) is 0 Å². The molecule has 23 heavy (non-hydrogen) atoms. The number of ether oxygens (including phenoxy) is 1. The van der Waals surface area contributed by atoms with Crippen molar-refractivity contribution in [3.63, 3.8) is 0 Å². The summed E-state index contributed by atoms with van der Waals surface area (Å²) in [6.45, 7) is 6.39. The van der Waals surface area contributed by atoms with Crippen molar-refractivity contribution < 1.29 is 14.3 Å². The zero-order valence-corrected chi connectivity index (χ0v) is 14.1. The van der Waals surface area contributed by atoms with Gasteiger partial charge >= 0.3 is 0 Å². The molecule has 1 aliphatic heterocycles. The third kappa shape index (κ3) is 4.71. The molecule has 126 valence electrons. The Labute approximate surface area is 137 Å². The summed E-state index contributed by atoms with van der Waals surface area (Å²) in [6.07, 6.45) is 1.98. The van der Waals surface area contributed by atoms with Gasteiger partial charge in [0.15, 0.2) is 0 Å². The van der Waals surface area contributed by atoms with Gasteiger partial charge in [0.1, 0.15) is 5.75 Å². The molecule has 1 fully saturated rings. The standard InChI is InChI=1S/C18H26N2O3/c1-12(2)23-16-6-4-5-14(9-16)10-17(21)20-11-15(18(19)22)8-7-13(20)3/h4-6,9,12-13,15H,7-8,10-11H2,1-3H3,(H2,19,22). The van der Waals surface area contributed by atoms with E-state index in [9.17, 15) is 9.59 Å². The van der Waals surface area contributed by atoms with Crippen LogP contribution in [0.25, 0.3) is 0 Å². The Morgan fingerprint density at radius 3 is 2.74 bits per heavy atom. The predicted molar refractivity (Wildman–Crippen MR) is 89.0 cm³/mol. The molecule has 1 saturated heterocycles. The van der Waals surface area contributed by atoms with E-state index in [1.54, 1.807) is 4.90 Å². The highest BCUT2D eigenvalue weighted by molar-refractivity contribution is 5.81. The quantitative estimate of drug-likeness (QED) is 0.904. The summed E-state index contributed by atoms with van der Waals surface area (Å²) >= 11 is 0. The van der Waals surface area contributed by atoms with Gasteiger partial charge in [0.2, 0.25) is 11.8 Å². The van der Waals surface area contributed by atoms with E-state index in [4.69, 9.17) is 10.5 Å².